The van der Waals surface area contributed by atoms with E-state index in [4.69, 9.17) is 6.42 Å². The summed E-state index contributed by atoms with van der Waals surface area (Å²) in [5.74, 6) is 0. The van der Waals surface area contributed by atoms with E-state index in [0.29, 0.717) is 4.13 Å². The third-order valence-corrected chi connectivity index (χ3v) is 7.14. The molecule has 30 heavy (non-hydrogen) atoms. The Morgan fingerprint density at radius 1 is 0.867 bits per heavy atom. The molecule has 0 aromatic carbocycles. The van der Waals surface area contributed by atoms with Gasteiger partial charge < -0.3 is 4.13 Å². The average Bonchev–Trinajstić information content (AvgIpc) is 2.83. The molecule has 0 saturated carbocycles. The number of thiazole rings is 1. The fourth-order valence-electron chi connectivity index (χ4n) is 1.11. The number of terminal acetylenes is 1. The number of nitrogens with zero attached hydrogens (tertiary/aromatic N) is 2. The fraction of sp³-hybridized carbons (Fsp3) is 0.545. The Morgan fingerprint density at radius 3 is 1.37 bits per heavy atom. The monoisotopic (exact) mass is 518 g/mol. The van der Waals surface area contributed by atoms with E-state index in [9.17, 15) is 60.7 Å². The predicted molar refractivity (Wildman–Crippen MR) is 81.4 cm³/mol. The van der Waals surface area contributed by atoms with Gasteiger partial charge in [0.25, 0.3) is 0 Å². The lowest BCUT2D eigenvalue weighted by Gasteiger charge is -2.31. The van der Waals surface area contributed by atoms with Crippen LogP contribution in [0.25, 0.3) is 4.13 Å². The third kappa shape index (κ3) is 5.53. The van der Waals surface area contributed by atoms with Crippen LogP contribution in [-0.4, -0.2) is 39.7 Å². The fourth-order valence-corrected chi connectivity index (χ4v) is 4.23. The van der Waals surface area contributed by atoms with Crippen molar-refractivity contribution in [2.45, 2.75) is 36.7 Å². The lowest BCUT2D eigenvalue weighted by atomic mass is 10.4. The first-order valence-electron chi connectivity index (χ1n) is 6.51. The van der Waals surface area contributed by atoms with Gasteiger partial charge in [-0.05, 0) is 13.3 Å². The van der Waals surface area contributed by atoms with Crippen LogP contribution < -0.4 is 4.57 Å². The molecule has 0 amide bonds. The SMILES string of the molecule is C#C[n+]1csc(C)c1C.O=S(=O)([N-]S(=O)(=O)C(F)(F)C(F)(F)F)C(F)(F)C(F)(F)F. The van der Waals surface area contributed by atoms with Crippen molar-refractivity contribution in [1.82, 2.24) is 0 Å². The zero-order chi connectivity index (χ0) is 24.6. The lowest BCUT2D eigenvalue weighted by Crippen LogP contribution is -2.48. The molecule has 0 aliphatic rings. The van der Waals surface area contributed by atoms with E-state index in [1.165, 1.54) is 10.6 Å². The second-order valence-corrected chi connectivity index (χ2v) is 9.50. The highest BCUT2D eigenvalue weighted by Gasteiger charge is 2.68. The van der Waals surface area contributed by atoms with Crippen molar-refractivity contribution in [2.24, 2.45) is 0 Å². The van der Waals surface area contributed by atoms with Crippen molar-refractivity contribution in [1.29, 1.82) is 0 Å². The summed E-state index contributed by atoms with van der Waals surface area (Å²) >= 11 is 1.68. The summed E-state index contributed by atoms with van der Waals surface area (Å²) in [6.45, 7) is 4.08. The second-order valence-electron chi connectivity index (χ2n) is 4.92. The number of hydrogen-bond acceptors (Lipinski definition) is 5. The third-order valence-electron chi connectivity index (χ3n) is 2.85. The van der Waals surface area contributed by atoms with Crippen molar-refractivity contribution < 1.29 is 65.3 Å². The van der Waals surface area contributed by atoms with Crippen LogP contribution in [-0.2, 0) is 20.0 Å². The molecule has 6 nitrogen and oxygen atoms in total. The van der Waals surface area contributed by atoms with E-state index >= 15 is 0 Å². The molecular weight excluding hydrogens is 510 g/mol. The molecule has 1 rings (SSSR count). The number of aryl methyl sites for hydroxylation is 1. The molecule has 19 heteroatoms. The number of aromatic nitrogens is 1. The summed E-state index contributed by atoms with van der Waals surface area (Å²) in [6, 6.07) is 2.54. The number of hydrogen-bond donors (Lipinski definition) is 0. The van der Waals surface area contributed by atoms with Crippen molar-refractivity contribution in [3.63, 3.8) is 0 Å². The maximum absolute atomic E-state index is 12.3. The molecular formula is C11H8F10N2O4S3. The normalized spacial score (nSPS) is 14.0. The lowest BCUT2D eigenvalue weighted by molar-refractivity contribution is -0.585. The predicted octanol–water partition coefficient (Wildman–Crippen LogP) is 3.42. The van der Waals surface area contributed by atoms with Gasteiger partial charge in [-0.2, -0.15) is 43.9 Å². The summed E-state index contributed by atoms with van der Waals surface area (Å²) in [6.07, 6.45) is -8.82. The van der Waals surface area contributed by atoms with Gasteiger partial charge in [0.1, 0.15) is 0 Å². The van der Waals surface area contributed by atoms with Gasteiger partial charge in [0, 0.05) is 6.92 Å². The van der Waals surface area contributed by atoms with Crippen LogP contribution in [0.3, 0.4) is 0 Å². The van der Waals surface area contributed by atoms with Gasteiger partial charge >= 0.3 is 22.9 Å². The highest BCUT2D eigenvalue weighted by atomic mass is 32.3. The molecule has 0 bridgehead atoms. The van der Waals surface area contributed by atoms with Crippen LogP contribution in [0.1, 0.15) is 10.6 Å². The van der Waals surface area contributed by atoms with Crippen LogP contribution in [0, 0.1) is 26.3 Å². The minimum atomic E-state index is -7.62. The summed E-state index contributed by atoms with van der Waals surface area (Å²) in [7, 11) is -15.2. The Kier molecular flexibility index (Phi) is 8.00. The Hall–Kier alpha value is -1.65. The highest BCUT2D eigenvalue weighted by molar-refractivity contribution is 8.13. The minimum Gasteiger partial charge on any atom is -0.425 e. The average molecular weight is 518 g/mol. The standard InChI is InChI=1S/C7H8NS.C4F10NO4S2/c1-4-8-5-9-7(3)6(8)2;5-1(6,7)3(11,12)20(16,17)15-21(18,19)4(13,14)2(8,9)10/h1,5H,2-3H3;/q+1;-1. The van der Waals surface area contributed by atoms with E-state index < -0.39 is 42.9 Å². The molecule has 1 aromatic rings. The van der Waals surface area contributed by atoms with Crippen LogP contribution in [0.2, 0.25) is 0 Å². The topological polar surface area (TPSA) is 86.3 Å². The highest BCUT2D eigenvalue weighted by Crippen LogP contribution is 2.47. The van der Waals surface area contributed by atoms with Crippen LogP contribution in [0.15, 0.2) is 5.51 Å². The van der Waals surface area contributed by atoms with E-state index in [1.54, 1.807) is 15.9 Å². The first-order valence-corrected chi connectivity index (χ1v) is 10.3. The molecule has 0 fully saturated rings. The first kappa shape index (κ1) is 28.3. The molecule has 0 atom stereocenters. The Morgan fingerprint density at radius 2 is 1.20 bits per heavy atom. The summed E-state index contributed by atoms with van der Waals surface area (Å²) < 4.78 is 163. The zero-order valence-electron chi connectivity index (χ0n) is 14.2. The molecule has 0 unspecified atom stereocenters. The van der Waals surface area contributed by atoms with Crippen molar-refractivity contribution in [2.75, 3.05) is 0 Å². The maximum Gasteiger partial charge on any atom is 0.467 e. The summed E-state index contributed by atoms with van der Waals surface area (Å²) in [5, 5.41) is -14.0. The minimum absolute atomic E-state index is 0.422. The van der Waals surface area contributed by atoms with Gasteiger partial charge in [0.2, 0.25) is 17.2 Å². The van der Waals surface area contributed by atoms with Crippen LogP contribution in [0.5, 0.6) is 0 Å². The second kappa shape index (κ2) is 8.47. The van der Waals surface area contributed by atoms with Crippen molar-refractivity contribution in [3.05, 3.63) is 20.2 Å². The van der Waals surface area contributed by atoms with Crippen molar-refractivity contribution >= 4 is 31.4 Å². The quantitative estimate of drug-likeness (QED) is 0.347. The largest absolute Gasteiger partial charge is 0.467 e. The van der Waals surface area contributed by atoms with Gasteiger partial charge in [-0.25, -0.2) is 16.8 Å². The Labute approximate surface area is 166 Å². The number of halogens is 10. The number of sulfonamides is 2. The van der Waals surface area contributed by atoms with E-state index in [-0.39, 0.29) is 0 Å². The molecule has 0 saturated heterocycles. The molecule has 1 aromatic heterocycles. The molecule has 0 aliphatic heterocycles. The van der Waals surface area contributed by atoms with Gasteiger partial charge in [0.05, 0.1) is 4.88 Å². The first-order chi connectivity index (χ1) is 13.0. The molecule has 0 aliphatic carbocycles. The number of alkyl halides is 10. The van der Waals surface area contributed by atoms with Crippen LogP contribution in [0.4, 0.5) is 43.9 Å². The Bertz CT molecular complexity index is 963. The van der Waals surface area contributed by atoms with Crippen molar-refractivity contribution in [3.8, 4) is 12.5 Å². The van der Waals surface area contributed by atoms with Crippen LogP contribution >= 0.6 is 11.3 Å². The summed E-state index contributed by atoms with van der Waals surface area (Å²) in [4.78, 5) is 1.29. The van der Waals surface area contributed by atoms with Gasteiger partial charge in [-0.3, -0.25) is 0 Å². The van der Waals surface area contributed by atoms with E-state index in [0.717, 1.165) is 0 Å². The smallest absolute Gasteiger partial charge is 0.425 e. The van der Waals surface area contributed by atoms with Gasteiger partial charge in [-0.15, -0.1) is 4.57 Å². The van der Waals surface area contributed by atoms with Gasteiger partial charge in [0.15, 0.2) is 20.0 Å². The maximum atomic E-state index is 12.3. The van der Waals surface area contributed by atoms with E-state index in [1.807, 2.05) is 12.4 Å². The molecule has 1 heterocycles. The molecule has 0 spiro atoms. The molecule has 0 N–H and O–H groups in total. The Balaban J connectivity index is 0.000000769. The zero-order valence-corrected chi connectivity index (χ0v) is 16.6. The van der Waals surface area contributed by atoms with Gasteiger partial charge in [-0.1, -0.05) is 11.3 Å². The number of rotatable bonds is 4. The summed E-state index contributed by atoms with van der Waals surface area (Å²) in [5.41, 5.74) is 3.10. The van der Waals surface area contributed by atoms with E-state index in [2.05, 4.69) is 13.0 Å². The molecule has 174 valence electrons. The molecule has 0 radical (unpaired) electrons.